The molecule has 414 valence electrons. The molecule has 1 aromatic heterocycles. The number of nitrogens with one attached hydrogen (secondary N) is 5. The van der Waals surface area contributed by atoms with Gasteiger partial charge in [0.25, 0.3) is 16.9 Å². The van der Waals surface area contributed by atoms with E-state index < -0.39 is 74.5 Å². The largest absolute Gasteiger partial charge is 0.478 e. The first kappa shape index (κ1) is 62.0. The third-order valence-corrected chi connectivity index (χ3v) is 16.0. The Hall–Kier alpha value is -5.53. The Balaban J connectivity index is 1.21. The topological polar surface area (TPSA) is 396 Å². The van der Waals surface area contributed by atoms with Crippen LogP contribution in [-0.4, -0.2) is 146 Å². The number of ketones is 1. The number of carboxylic acid groups (broad SMARTS) is 1. The maximum absolute atomic E-state index is 14.1. The van der Waals surface area contributed by atoms with Gasteiger partial charge in [0.15, 0.2) is 18.9 Å². The summed E-state index contributed by atoms with van der Waals surface area (Å²) in [5, 5.41) is 41.1. The van der Waals surface area contributed by atoms with E-state index in [9.17, 15) is 72.8 Å². The fraction of sp³-hybridized carbons (Fsp3) is 0.521. The molecule has 2 unspecified atom stereocenters. The van der Waals surface area contributed by atoms with Crippen molar-refractivity contribution in [1.82, 2.24) is 16.0 Å². The van der Waals surface area contributed by atoms with Gasteiger partial charge in [0.1, 0.15) is 24.0 Å². The van der Waals surface area contributed by atoms with Crippen LogP contribution in [0.2, 0.25) is 0 Å². The maximum Gasteiger partial charge on any atom is 0.369 e. The quantitative estimate of drug-likeness (QED) is 0.0263. The molecule has 75 heavy (non-hydrogen) atoms. The van der Waals surface area contributed by atoms with E-state index in [2.05, 4.69) is 26.6 Å². The van der Waals surface area contributed by atoms with E-state index in [1.807, 2.05) is 6.92 Å². The predicted molar refractivity (Wildman–Crippen MR) is 270 cm³/mol. The molecule has 0 saturated carbocycles. The van der Waals surface area contributed by atoms with E-state index in [1.165, 1.54) is 65.5 Å². The van der Waals surface area contributed by atoms with Gasteiger partial charge in [-0.25, -0.2) is 9.36 Å². The van der Waals surface area contributed by atoms with Crippen LogP contribution in [0.5, 0.6) is 0 Å². The van der Waals surface area contributed by atoms with Crippen molar-refractivity contribution in [3.63, 3.8) is 0 Å². The molecule has 25 nitrogen and oxygen atoms in total. The monoisotopic (exact) mass is 1090 g/mol. The van der Waals surface area contributed by atoms with Crippen LogP contribution in [0, 0.1) is 5.92 Å². The molecule has 14 N–H and O–H groups in total. The van der Waals surface area contributed by atoms with Gasteiger partial charge in [-0.3, -0.25) is 33.1 Å². The minimum Gasteiger partial charge on any atom is -0.478 e. The number of carbonyl (C=O) groups is 6. The number of aliphatic hydroxyl groups is 2. The summed E-state index contributed by atoms with van der Waals surface area (Å²) in [4.78, 5) is 117. The molecular formula is C48H70N7O18P2+. The van der Waals surface area contributed by atoms with Crippen LogP contribution >= 0.6 is 15.2 Å². The Morgan fingerprint density at radius 3 is 2.19 bits per heavy atom. The van der Waals surface area contributed by atoms with E-state index in [-0.39, 0.29) is 125 Å². The van der Waals surface area contributed by atoms with E-state index in [4.69, 9.17) is 19.9 Å². The van der Waals surface area contributed by atoms with E-state index in [0.717, 1.165) is 0 Å². The molecule has 0 aliphatic carbocycles. The van der Waals surface area contributed by atoms with Crippen molar-refractivity contribution in [2.75, 3.05) is 63.4 Å². The Kier molecular flexibility index (Phi) is 24.5. The third kappa shape index (κ3) is 19.2. The number of nitrogens with zero attached hydrogens (tertiary/aromatic N) is 1. The number of aromatic carboxylic acids is 1. The number of hydrogen-bond donors (Lipinski definition) is 13. The number of carboxylic acids is 1. The smallest absolute Gasteiger partial charge is 0.369 e. The summed E-state index contributed by atoms with van der Waals surface area (Å²) in [6, 6.07) is 9.27. The van der Waals surface area contributed by atoms with Crippen molar-refractivity contribution >= 4 is 61.9 Å². The minimum absolute atomic E-state index is 0.0163. The zero-order valence-electron chi connectivity index (χ0n) is 41.9. The Labute approximate surface area is 433 Å². The van der Waals surface area contributed by atoms with Crippen molar-refractivity contribution in [2.24, 2.45) is 11.7 Å². The number of nitrogens with two attached hydrogens (primary N) is 1. The summed E-state index contributed by atoms with van der Waals surface area (Å²) in [7, 11) is -11.3. The molecular weight excluding hydrogens is 1020 g/mol. The zero-order chi connectivity index (χ0) is 55.3. The molecule has 3 aromatic rings. The molecule has 0 radical (unpaired) electrons. The summed E-state index contributed by atoms with van der Waals surface area (Å²) < 4.78 is 41.4. The number of rotatable bonds is 29. The Morgan fingerprint density at radius 2 is 1.53 bits per heavy atom. The van der Waals surface area contributed by atoms with Crippen molar-refractivity contribution < 1.29 is 91.6 Å². The second-order valence-corrected chi connectivity index (χ2v) is 22.0. The zero-order valence-corrected chi connectivity index (χ0v) is 43.6. The van der Waals surface area contributed by atoms with Crippen molar-refractivity contribution in [3.05, 3.63) is 88.7 Å². The Bertz CT molecular complexity index is 2520. The molecule has 1 aliphatic heterocycles. The van der Waals surface area contributed by atoms with Crippen molar-refractivity contribution in [2.45, 2.75) is 102 Å². The molecule has 4 amide bonds. The SMILES string of the molecule is CCC(C)[C@@H]1NC(=O)c2cc(C(=O)NCCOCCOCCOCCC(=O)CCC(O)C[n+]3cccc(CC(O)(P(=O)(O)O)P(=O)(O)O)c3)ccc2NCc2ccc(C(=O)O)cc2NC(=O)[C@H](CCCCN)NC1=O. The van der Waals surface area contributed by atoms with Crippen LogP contribution in [0.3, 0.4) is 0 Å². The summed E-state index contributed by atoms with van der Waals surface area (Å²) >= 11 is 0. The van der Waals surface area contributed by atoms with Gasteiger partial charge in [-0.1, -0.05) is 26.3 Å². The second-order valence-electron chi connectivity index (χ2n) is 18.0. The molecule has 4 atom stereocenters. The first-order valence-electron chi connectivity index (χ1n) is 24.4. The highest BCUT2D eigenvalue weighted by molar-refractivity contribution is 7.72. The van der Waals surface area contributed by atoms with Crippen LogP contribution in [0.1, 0.15) is 101 Å². The molecule has 0 saturated heterocycles. The molecule has 27 heteroatoms. The second kappa shape index (κ2) is 29.7. The predicted octanol–water partition coefficient (Wildman–Crippen LogP) is 1.12. The van der Waals surface area contributed by atoms with Gasteiger partial charge >= 0.3 is 21.2 Å². The van der Waals surface area contributed by atoms with Crippen LogP contribution in [0.15, 0.2) is 60.9 Å². The number of anilines is 2. The highest BCUT2D eigenvalue weighted by atomic mass is 31.2. The Morgan fingerprint density at radius 1 is 0.867 bits per heavy atom. The summed E-state index contributed by atoms with van der Waals surface area (Å²) in [5.74, 6) is -4.08. The third-order valence-electron chi connectivity index (χ3n) is 12.2. The van der Waals surface area contributed by atoms with Gasteiger partial charge in [-0.2, -0.15) is 0 Å². The average Bonchev–Trinajstić information content (AvgIpc) is 3.35. The van der Waals surface area contributed by atoms with Gasteiger partial charge in [0.2, 0.25) is 11.8 Å². The standard InChI is InChI=1S/C48H69N7O18P2/c1-3-31(2)42-46(61)52-40(8-4-5-16-49)45(60)53-41-26-34(47(62)63)9-10-35(41)28-51-39-14-11-33(25-38(39)44(59)54-42)43(58)50-17-20-72-22-24-73-23-21-71-19-15-36(56)12-13-37(57)30-55-18-6-7-32(29-55)27-48(64,74(65,66)67)75(68,69)70/h6-7,9-11,14,18,25-26,29,31,37,40,42,57,64H,3-5,8,12-13,15-17,19-24,27-28,30,49H2,1-2H3,(H9-,50,51,52,53,54,58,59,60,61,62,63,65,66,67,68,69,70)/p+1/t31?,37?,40-,42-/m0/s1. The van der Waals surface area contributed by atoms with Gasteiger partial charge in [-0.15, -0.1) is 0 Å². The minimum atomic E-state index is -5.66. The van der Waals surface area contributed by atoms with Crippen LogP contribution in [-0.2, 0) is 57.2 Å². The van der Waals surface area contributed by atoms with E-state index in [0.29, 0.717) is 37.1 Å². The number of aliphatic hydroxyl groups excluding tert-OH is 1. The number of ether oxygens (including phenoxy) is 3. The first-order valence-corrected chi connectivity index (χ1v) is 27.6. The van der Waals surface area contributed by atoms with E-state index >= 15 is 0 Å². The van der Waals surface area contributed by atoms with Gasteiger partial charge in [0, 0.05) is 60.9 Å². The molecule has 2 aromatic carbocycles. The number of carbonyl (C=O) groups excluding carboxylic acids is 5. The highest BCUT2D eigenvalue weighted by Gasteiger charge is 2.59. The number of pyridine rings is 1. The number of aromatic nitrogens is 1. The lowest BCUT2D eigenvalue weighted by Crippen LogP contribution is -2.55. The molecule has 0 bridgehead atoms. The fourth-order valence-corrected chi connectivity index (χ4v) is 9.79. The molecule has 4 rings (SSSR count). The highest BCUT2D eigenvalue weighted by Crippen LogP contribution is 2.68. The number of hydrogen-bond acceptors (Lipinski definition) is 15. The number of Topliss-reactive ketones (excluding diaryl/α,β-unsaturated/α-hetero) is 1. The molecule has 0 spiro atoms. The van der Waals surface area contributed by atoms with Crippen LogP contribution in [0.25, 0.3) is 0 Å². The van der Waals surface area contributed by atoms with Gasteiger partial charge in [-0.05, 0) is 80.1 Å². The lowest BCUT2D eigenvalue weighted by Gasteiger charge is -2.28. The van der Waals surface area contributed by atoms with Crippen LogP contribution in [0.4, 0.5) is 11.4 Å². The summed E-state index contributed by atoms with van der Waals surface area (Å²) in [6.07, 6.45) is 2.67. The number of benzene rings is 2. The van der Waals surface area contributed by atoms with Gasteiger partial charge in [0.05, 0.1) is 50.8 Å². The first-order chi connectivity index (χ1) is 35.5. The van der Waals surface area contributed by atoms with Crippen LogP contribution < -0.4 is 36.9 Å². The van der Waals surface area contributed by atoms with Crippen molar-refractivity contribution in [3.8, 4) is 0 Å². The number of fused-ring (bicyclic) bond motifs is 2. The molecule has 2 heterocycles. The number of amides is 4. The summed E-state index contributed by atoms with van der Waals surface area (Å²) in [5.41, 5.74) is 6.77. The molecule has 1 aliphatic rings. The van der Waals surface area contributed by atoms with Gasteiger partial charge < -0.3 is 81.4 Å². The lowest BCUT2D eigenvalue weighted by molar-refractivity contribution is -0.704. The number of unbranched alkanes of at least 4 members (excludes halogenated alkanes) is 1. The summed E-state index contributed by atoms with van der Waals surface area (Å²) in [6.45, 7) is 5.12. The fourth-order valence-electron chi connectivity index (χ4n) is 7.66. The molecule has 0 fully saturated rings. The average molecular weight is 1100 g/mol. The van der Waals surface area contributed by atoms with E-state index in [1.54, 1.807) is 6.92 Å². The lowest BCUT2D eigenvalue weighted by atomic mass is 9.96. The maximum atomic E-state index is 14.1. The normalized spacial score (nSPS) is 16.5. The van der Waals surface area contributed by atoms with Crippen molar-refractivity contribution in [1.29, 1.82) is 0 Å².